The van der Waals surface area contributed by atoms with Crippen molar-refractivity contribution < 1.29 is 70.9 Å². The van der Waals surface area contributed by atoms with E-state index in [1.54, 1.807) is 6.92 Å². The number of nitrogens with zero attached hydrogens (tertiary/aromatic N) is 6. The van der Waals surface area contributed by atoms with E-state index in [2.05, 4.69) is 49.4 Å². The number of aromatic nitrogens is 3. The minimum atomic E-state index is -5.08. The van der Waals surface area contributed by atoms with Crippen molar-refractivity contribution in [1.82, 2.24) is 15.0 Å². The van der Waals surface area contributed by atoms with E-state index in [0.717, 1.165) is 18.2 Å². The summed E-state index contributed by atoms with van der Waals surface area (Å²) in [5.74, 6) is -0.886. The number of nitrogens with one attached hydrogen (secondary N) is 2. The molecule has 0 spiro atoms. The van der Waals surface area contributed by atoms with Gasteiger partial charge in [-0.15, -0.1) is 14.6 Å². The SMILES string of the molecule is CCN(c1ccc(S(=O)(=O)CCOS(=O)(=O)O)cc1)c1nc(Cl)nc(Nc2ccc(/N=N/c3cc4c(S(=O)(=O)O)cc(SOOO)cc4cc3S(=O)(=O)O)c(NC(N)=O)c2)n1. The number of azo groups is 1. The van der Waals surface area contributed by atoms with Gasteiger partial charge in [0.05, 0.1) is 35.0 Å². The molecule has 31 heteroatoms. The number of benzene rings is 4. The first-order chi connectivity index (χ1) is 28.5. The maximum Gasteiger partial charge on any atom is 0.397 e. The lowest BCUT2D eigenvalue weighted by Gasteiger charge is -2.21. The fourth-order valence-electron chi connectivity index (χ4n) is 5.25. The van der Waals surface area contributed by atoms with Gasteiger partial charge in [0.25, 0.3) is 20.2 Å². The number of anilines is 5. The number of primary amides is 1. The zero-order valence-electron chi connectivity index (χ0n) is 30.3. The van der Waals surface area contributed by atoms with Gasteiger partial charge in [0.15, 0.2) is 9.84 Å². The smallest absolute Gasteiger partial charge is 0.351 e. The van der Waals surface area contributed by atoms with Crippen LogP contribution >= 0.6 is 23.6 Å². The molecule has 1 aromatic heterocycles. The number of carbonyl (C=O) groups excluding carboxylic acids is 1. The van der Waals surface area contributed by atoms with Gasteiger partial charge in [0.1, 0.15) is 21.2 Å². The van der Waals surface area contributed by atoms with E-state index < -0.39 is 74.3 Å². The van der Waals surface area contributed by atoms with Crippen LogP contribution in [0.4, 0.5) is 45.1 Å². The van der Waals surface area contributed by atoms with Crippen molar-refractivity contribution >= 4 is 121 Å². The van der Waals surface area contributed by atoms with E-state index in [1.165, 1.54) is 53.4 Å². The molecule has 5 aromatic rings. The van der Waals surface area contributed by atoms with E-state index in [0.29, 0.717) is 17.7 Å². The molecule has 25 nitrogen and oxygen atoms in total. The Labute approximate surface area is 354 Å². The molecule has 0 saturated heterocycles. The molecule has 0 unspecified atom stereocenters. The number of nitrogens with two attached hydrogens (primary N) is 1. The van der Waals surface area contributed by atoms with Crippen LogP contribution in [0.5, 0.6) is 0 Å². The van der Waals surface area contributed by atoms with Gasteiger partial charge in [-0.05, 0) is 90.6 Å². The number of halogens is 1. The van der Waals surface area contributed by atoms with Crippen molar-refractivity contribution in [2.45, 2.75) is 26.5 Å². The number of hydrogen-bond donors (Lipinski definition) is 7. The highest BCUT2D eigenvalue weighted by Gasteiger charge is 2.24. The molecule has 0 atom stereocenters. The Morgan fingerprint density at radius 1 is 0.869 bits per heavy atom. The second kappa shape index (κ2) is 18.8. The third kappa shape index (κ3) is 12.4. The van der Waals surface area contributed by atoms with Crippen molar-refractivity contribution in [3.05, 3.63) is 72.0 Å². The van der Waals surface area contributed by atoms with Crippen LogP contribution in [-0.2, 0) is 54.0 Å². The third-order valence-electron chi connectivity index (χ3n) is 7.71. The molecule has 0 saturated carbocycles. The lowest BCUT2D eigenvalue weighted by molar-refractivity contribution is -0.432. The Morgan fingerprint density at radius 3 is 2.15 bits per heavy atom. The molecule has 5 rings (SSSR count). The number of sulfone groups is 1. The summed E-state index contributed by atoms with van der Waals surface area (Å²) >= 11 is 6.52. The van der Waals surface area contributed by atoms with Gasteiger partial charge in [-0.1, -0.05) is 5.04 Å². The maximum atomic E-state index is 12.6. The zero-order valence-corrected chi connectivity index (χ0v) is 35.2. The molecule has 61 heavy (non-hydrogen) atoms. The lowest BCUT2D eigenvalue weighted by Crippen LogP contribution is -2.20. The Kier molecular flexibility index (Phi) is 14.4. The Bertz CT molecular complexity index is 2980. The van der Waals surface area contributed by atoms with E-state index in [9.17, 15) is 47.6 Å². The molecule has 8 N–H and O–H groups in total. The molecular weight excluding hydrogens is 938 g/mol. The summed E-state index contributed by atoms with van der Waals surface area (Å²) in [4.78, 5) is 24.2. The first-order valence-corrected chi connectivity index (χ1v) is 23.2. The van der Waals surface area contributed by atoms with Crippen LogP contribution in [-0.4, -0.2) is 92.5 Å². The summed E-state index contributed by atoms with van der Waals surface area (Å²) in [7, 11) is -18.9. The Balaban J connectivity index is 1.46. The molecule has 0 aliphatic rings. The fourth-order valence-corrected chi connectivity index (χ4v) is 8.79. The third-order valence-corrected chi connectivity index (χ3v) is 12.4. The van der Waals surface area contributed by atoms with E-state index >= 15 is 0 Å². The summed E-state index contributed by atoms with van der Waals surface area (Å²) in [5.41, 5.74) is 5.05. The molecule has 1 heterocycles. The van der Waals surface area contributed by atoms with Crippen molar-refractivity contribution in [2.75, 3.05) is 34.4 Å². The summed E-state index contributed by atoms with van der Waals surface area (Å²) < 4.78 is 133. The Hall–Kier alpha value is -5.22. The van der Waals surface area contributed by atoms with Crippen LogP contribution in [0.25, 0.3) is 10.8 Å². The number of hydrogen-bond acceptors (Lipinski definition) is 21. The number of amides is 2. The largest absolute Gasteiger partial charge is 0.397 e. The van der Waals surface area contributed by atoms with Crippen LogP contribution in [0.3, 0.4) is 0 Å². The highest BCUT2D eigenvalue weighted by atomic mass is 35.5. The van der Waals surface area contributed by atoms with Gasteiger partial charge in [-0.2, -0.15) is 40.2 Å². The van der Waals surface area contributed by atoms with E-state index in [1.807, 2.05) is 0 Å². The van der Waals surface area contributed by atoms with Gasteiger partial charge in [-0.25, -0.2) is 22.7 Å². The van der Waals surface area contributed by atoms with Gasteiger partial charge in [0.2, 0.25) is 17.2 Å². The number of carbonyl (C=O) groups is 1. The topological polar surface area (TPSA) is 379 Å². The molecule has 0 radical (unpaired) electrons. The maximum absolute atomic E-state index is 12.6. The van der Waals surface area contributed by atoms with Crippen molar-refractivity contribution in [3.8, 4) is 0 Å². The molecule has 0 bridgehead atoms. The lowest BCUT2D eigenvalue weighted by atomic mass is 10.1. The van der Waals surface area contributed by atoms with Crippen LogP contribution in [0.2, 0.25) is 5.28 Å². The van der Waals surface area contributed by atoms with Crippen molar-refractivity contribution in [3.63, 3.8) is 0 Å². The summed E-state index contributed by atoms with van der Waals surface area (Å²) in [6.45, 7) is 1.14. The summed E-state index contributed by atoms with van der Waals surface area (Å²) in [5, 5.41) is 24.3. The van der Waals surface area contributed by atoms with Gasteiger partial charge < -0.3 is 21.3 Å². The number of rotatable bonds is 18. The molecule has 0 aliphatic heterocycles. The van der Waals surface area contributed by atoms with E-state index in [-0.39, 0.29) is 61.4 Å². The summed E-state index contributed by atoms with van der Waals surface area (Å²) in [6, 6.07) is 12.0. The first kappa shape index (κ1) is 46.8. The normalized spacial score (nSPS) is 12.5. The molecule has 2 amide bonds. The zero-order chi connectivity index (χ0) is 44.9. The average molecular weight is 966 g/mol. The predicted octanol–water partition coefficient (Wildman–Crippen LogP) is 5.00. The van der Waals surface area contributed by atoms with Gasteiger partial charge >= 0.3 is 16.4 Å². The van der Waals surface area contributed by atoms with Crippen LogP contribution < -0.4 is 21.3 Å². The monoisotopic (exact) mass is 965 g/mol. The van der Waals surface area contributed by atoms with Crippen LogP contribution in [0, 0.1) is 0 Å². The first-order valence-electron chi connectivity index (χ1n) is 16.2. The molecule has 0 fully saturated rings. The Morgan fingerprint density at radius 2 is 1.54 bits per heavy atom. The van der Waals surface area contributed by atoms with Crippen molar-refractivity contribution in [1.29, 1.82) is 0 Å². The predicted molar refractivity (Wildman–Crippen MR) is 215 cm³/mol. The van der Waals surface area contributed by atoms with Gasteiger partial charge in [0, 0.05) is 28.2 Å². The minimum absolute atomic E-state index is 0.00673. The second-order valence-corrected chi connectivity index (χ2v) is 18.8. The minimum Gasteiger partial charge on any atom is -0.351 e. The fraction of sp³-hybridized carbons (Fsp3) is 0.133. The highest BCUT2D eigenvalue weighted by Crippen LogP contribution is 2.38. The second-order valence-electron chi connectivity index (χ2n) is 11.7. The quantitative estimate of drug-likeness (QED) is 0.0200. The van der Waals surface area contributed by atoms with Crippen molar-refractivity contribution in [2.24, 2.45) is 16.0 Å². The number of urea groups is 1. The molecule has 326 valence electrons. The van der Waals surface area contributed by atoms with Crippen LogP contribution in [0.1, 0.15) is 6.92 Å². The summed E-state index contributed by atoms with van der Waals surface area (Å²) in [6.07, 6.45) is 0. The average Bonchev–Trinajstić information content (AvgIpc) is 3.15. The van der Waals surface area contributed by atoms with Crippen LogP contribution in [0.15, 0.2) is 96.5 Å². The molecule has 4 aromatic carbocycles. The molecular formula is C30H28ClN9O16S5. The van der Waals surface area contributed by atoms with E-state index in [4.69, 9.17) is 27.1 Å². The standard InChI is InChI=1S/C30H28ClN9O16S5/c1-2-40(18-4-6-20(7-5-18)58(43,44)10-9-54-61(51,52)53)30-36-27(31)35-29(37-30)33-17-3-8-22(23(13-17)34-28(32)41)38-39-24-15-21-16(12-26(24)60(48,49)50)11-19(57-56-55-42)14-25(21)59(45,46)47/h3-8,11-15,42H,2,9-10H2,1H3,(H3,32,34,41)(H,45,46,47)(H,48,49,50)(H,51,52,53)(H,33,35,36,37)/b39-38+. The number of fused-ring (bicyclic) bond motifs is 1. The molecule has 0 aliphatic carbocycles. The van der Waals surface area contributed by atoms with Gasteiger partial charge in [-0.3, -0.25) is 13.7 Å². The highest BCUT2D eigenvalue weighted by molar-refractivity contribution is 7.94.